The topological polar surface area (TPSA) is 71.2 Å². The average molecular weight is 527 g/mol. The zero-order valence-corrected chi connectivity index (χ0v) is 23.2. The Morgan fingerprint density at radius 1 is 1.19 bits per heavy atom. The lowest BCUT2D eigenvalue weighted by molar-refractivity contribution is 0.0348. The number of aryl methyl sites for hydroxylation is 1. The summed E-state index contributed by atoms with van der Waals surface area (Å²) >= 11 is 0. The zero-order valence-electron chi connectivity index (χ0n) is 22.4. The van der Waals surface area contributed by atoms with Crippen molar-refractivity contribution in [3.8, 4) is 5.69 Å². The molecule has 3 aromatic rings. The Bertz CT molecular complexity index is 1380. The van der Waals surface area contributed by atoms with E-state index in [1.165, 1.54) is 24.1 Å². The van der Waals surface area contributed by atoms with Crippen LogP contribution >= 0.6 is 0 Å². The molecule has 200 valence electrons. The highest BCUT2D eigenvalue weighted by atomic mass is 32.2. The van der Waals surface area contributed by atoms with Crippen molar-refractivity contribution in [3.63, 3.8) is 0 Å². The molecule has 5 rings (SSSR count). The van der Waals surface area contributed by atoms with E-state index in [1.54, 1.807) is 19.9 Å². The van der Waals surface area contributed by atoms with Crippen molar-refractivity contribution >= 4 is 20.6 Å². The molecule has 0 aliphatic carbocycles. The van der Waals surface area contributed by atoms with Gasteiger partial charge in [-0.1, -0.05) is 0 Å². The smallest absolute Gasteiger partial charge is 0.124 e. The summed E-state index contributed by atoms with van der Waals surface area (Å²) in [5.74, 6) is 0.785. The van der Waals surface area contributed by atoms with Crippen molar-refractivity contribution < 1.29 is 13.3 Å². The van der Waals surface area contributed by atoms with Crippen LogP contribution in [0.1, 0.15) is 51.2 Å². The first-order valence-corrected chi connectivity index (χ1v) is 15.1. The summed E-state index contributed by atoms with van der Waals surface area (Å²) in [6.45, 7) is 11.9. The number of nitrogens with one attached hydrogen (secondary N) is 1. The number of likely N-dealkylation sites (tertiary alicyclic amines) is 1. The van der Waals surface area contributed by atoms with Crippen LogP contribution in [-0.4, -0.2) is 56.3 Å². The summed E-state index contributed by atoms with van der Waals surface area (Å²) in [5.41, 5.74) is 3.83. The quantitative estimate of drug-likeness (QED) is 0.412. The van der Waals surface area contributed by atoms with Crippen LogP contribution in [0.4, 0.5) is 4.39 Å². The number of ether oxygens (including phenoxy) is 1. The molecule has 37 heavy (non-hydrogen) atoms. The van der Waals surface area contributed by atoms with E-state index >= 15 is 0 Å². The van der Waals surface area contributed by atoms with Gasteiger partial charge >= 0.3 is 0 Å². The van der Waals surface area contributed by atoms with Crippen LogP contribution in [0.2, 0.25) is 0 Å². The van der Waals surface area contributed by atoms with Gasteiger partial charge in [0.2, 0.25) is 0 Å². The first-order valence-electron chi connectivity index (χ1n) is 13.5. The predicted molar refractivity (Wildman–Crippen MR) is 146 cm³/mol. The van der Waals surface area contributed by atoms with E-state index in [0.29, 0.717) is 23.6 Å². The van der Waals surface area contributed by atoms with Crippen molar-refractivity contribution in [2.45, 2.75) is 69.6 Å². The van der Waals surface area contributed by atoms with Crippen LogP contribution < -0.4 is 0 Å². The predicted octanol–water partition coefficient (Wildman–Crippen LogP) is 5.97. The number of fused-ring (bicyclic) bond motifs is 1. The van der Waals surface area contributed by atoms with E-state index in [0.717, 1.165) is 62.0 Å². The van der Waals surface area contributed by atoms with Gasteiger partial charge in [-0.05, 0) is 101 Å². The third-order valence-electron chi connectivity index (χ3n) is 8.50. The van der Waals surface area contributed by atoms with E-state index in [1.807, 2.05) is 17.0 Å². The molecule has 3 atom stereocenters. The summed E-state index contributed by atoms with van der Waals surface area (Å²) in [6, 6.07) is 4.88. The first kappa shape index (κ1) is 26.3. The van der Waals surface area contributed by atoms with Gasteiger partial charge in [-0.2, -0.15) is 0 Å². The lowest BCUT2D eigenvalue weighted by atomic mass is 9.92. The third kappa shape index (κ3) is 5.08. The fraction of sp³-hybridized carbons (Fsp3) is 0.552. The molecule has 2 aliphatic rings. The highest BCUT2D eigenvalue weighted by Gasteiger charge is 2.32. The molecule has 6 nitrogen and oxygen atoms in total. The first-order chi connectivity index (χ1) is 17.7. The number of hydrogen-bond donors (Lipinski definition) is 1. The fourth-order valence-corrected chi connectivity index (χ4v) is 7.46. The van der Waals surface area contributed by atoms with Crippen molar-refractivity contribution in [1.29, 1.82) is 4.78 Å². The Hall–Kier alpha value is -2.29. The molecular formula is C29H39FN4O2S. The van der Waals surface area contributed by atoms with Crippen LogP contribution in [0.3, 0.4) is 0 Å². The molecule has 0 saturated carbocycles. The van der Waals surface area contributed by atoms with Gasteiger partial charge in [0.1, 0.15) is 5.82 Å². The zero-order chi connectivity index (χ0) is 26.3. The van der Waals surface area contributed by atoms with Crippen molar-refractivity contribution in [2.75, 3.05) is 26.3 Å². The maximum Gasteiger partial charge on any atom is 0.124 e. The minimum Gasteiger partial charge on any atom is -0.381 e. The largest absolute Gasteiger partial charge is 0.381 e. The van der Waals surface area contributed by atoms with E-state index in [2.05, 4.69) is 29.9 Å². The van der Waals surface area contributed by atoms with Gasteiger partial charge in [0.05, 0.1) is 32.0 Å². The van der Waals surface area contributed by atoms with Crippen LogP contribution in [0.25, 0.3) is 16.6 Å². The van der Waals surface area contributed by atoms with Gasteiger partial charge in [-0.15, -0.1) is 0 Å². The number of halogens is 1. The van der Waals surface area contributed by atoms with Crippen LogP contribution in [0.15, 0.2) is 41.7 Å². The van der Waals surface area contributed by atoms with Crippen LogP contribution in [0, 0.1) is 29.4 Å². The molecule has 0 bridgehead atoms. The Morgan fingerprint density at radius 2 is 1.95 bits per heavy atom. The Kier molecular flexibility index (Phi) is 7.44. The lowest BCUT2D eigenvalue weighted by Gasteiger charge is -2.34. The molecule has 8 heteroatoms. The van der Waals surface area contributed by atoms with Gasteiger partial charge in [-0.25, -0.2) is 13.4 Å². The SMILES string of the molecule is Cc1cncc2c1c(C[C@@H]1CCN([C@@H](C)C3CCOCC3)C1)cn2-c1ccc(F)cc1S(=N)(=O)C(C)C. The van der Waals surface area contributed by atoms with Crippen LogP contribution in [-0.2, 0) is 20.9 Å². The summed E-state index contributed by atoms with van der Waals surface area (Å²) in [5, 5.41) is 0.721. The molecule has 0 radical (unpaired) electrons. The molecule has 4 heterocycles. The van der Waals surface area contributed by atoms with Gasteiger partial charge in [0.25, 0.3) is 0 Å². The highest BCUT2D eigenvalue weighted by molar-refractivity contribution is 7.93. The summed E-state index contributed by atoms with van der Waals surface area (Å²) in [4.78, 5) is 7.34. The molecule has 2 saturated heterocycles. The van der Waals surface area contributed by atoms with Crippen molar-refractivity contribution in [1.82, 2.24) is 14.5 Å². The Balaban J connectivity index is 1.48. The van der Waals surface area contributed by atoms with Crippen LogP contribution in [0.5, 0.6) is 0 Å². The summed E-state index contributed by atoms with van der Waals surface area (Å²) in [7, 11) is -3.19. The second kappa shape index (κ2) is 10.5. The minimum absolute atomic E-state index is 0.241. The maximum absolute atomic E-state index is 14.3. The summed E-state index contributed by atoms with van der Waals surface area (Å²) in [6.07, 6.45) is 10.2. The number of rotatable bonds is 7. The standard InChI is InChI=1S/C29H39FN4O2S/c1-19(2)37(31,35)28-14-25(30)5-6-26(28)34-18-24(29-20(3)15-32-16-27(29)34)13-22-7-10-33(17-22)21(4)23-8-11-36-12-9-23/h5-6,14-16,18-19,21-23,31H,7-13,17H2,1-4H3/t21-,22-,37?/m0/s1. The fourth-order valence-electron chi connectivity index (χ4n) is 6.19. The highest BCUT2D eigenvalue weighted by Crippen LogP contribution is 2.35. The number of aromatic nitrogens is 2. The lowest BCUT2D eigenvalue weighted by Crippen LogP contribution is -2.39. The average Bonchev–Trinajstić information content (AvgIpc) is 3.50. The number of hydrogen-bond acceptors (Lipinski definition) is 5. The molecule has 2 aromatic heterocycles. The molecule has 2 fully saturated rings. The number of nitrogens with zero attached hydrogens (tertiary/aromatic N) is 3. The van der Waals surface area contributed by atoms with Gasteiger partial charge < -0.3 is 14.2 Å². The molecular weight excluding hydrogens is 487 g/mol. The molecule has 2 aliphatic heterocycles. The molecule has 1 N–H and O–H groups in total. The number of benzene rings is 1. The Labute approximate surface area is 220 Å². The van der Waals surface area contributed by atoms with Crippen molar-refractivity contribution in [2.24, 2.45) is 11.8 Å². The minimum atomic E-state index is -3.19. The summed E-state index contributed by atoms with van der Waals surface area (Å²) < 4.78 is 43.9. The van der Waals surface area contributed by atoms with Crippen molar-refractivity contribution in [3.05, 3.63) is 53.7 Å². The number of pyridine rings is 1. The Morgan fingerprint density at radius 3 is 2.68 bits per heavy atom. The van der Waals surface area contributed by atoms with E-state index in [4.69, 9.17) is 9.52 Å². The second-order valence-electron chi connectivity index (χ2n) is 11.2. The second-order valence-corrected chi connectivity index (χ2v) is 13.8. The molecule has 1 unspecified atom stereocenters. The molecule has 0 amide bonds. The monoisotopic (exact) mass is 526 g/mol. The van der Waals surface area contributed by atoms with E-state index < -0.39 is 20.8 Å². The van der Waals surface area contributed by atoms with E-state index in [-0.39, 0.29) is 4.90 Å². The van der Waals surface area contributed by atoms with Gasteiger partial charge in [0, 0.05) is 48.8 Å². The van der Waals surface area contributed by atoms with Gasteiger partial charge in [0.15, 0.2) is 0 Å². The normalized spacial score (nSPS) is 22.1. The maximum atomic E-state index is 14.3. The third-order valence-corrected chi connectivity index (χ3v) is 10.8. The molecule has 1 aromatic carbocycles. The van der Waals surface area contributed by atoms with Gasteiger partial charge in [-0.3, -0.25) is 4.98 Å². The van der Waals surface area contributed by atoms with E-state index in [9.17, 15) is 8.60 Å². The molecule has 0 spiro atoms.